The molecule has 5 heteroatoms. The molecule has 90 valence electrons. The average Bonchev–Trinajstić information content (AvgIpc) is 2.83. The van der Waals surface area contributed by atoms with Crippen molar-refractivity contribution in [3.63, 3.8) is 0 Å². The second kappa shape index (κ2) is 4.93. The van der Waals surface area contributed by atoms with Gasteiger partial charge in [0.1, 0.15) is 0 Å². The van der Waals surface area contributed by atoms with Crippen molar-refractivity contribution >= 4 is 0 Å². The van der Waals surface area contributed by atoms with E-state index in [1.165, 1.54) is 0 Å². The molecule has 0 aromatic carbocycles. The molecule has 1 fully saturated rings. The second-order valence-corrected chi connectivity index (χ2v) is 4.84. The van der Waals surface area contributed by atoms with E-state index in [0.29, 0.717) is 11.8 Å². The Labute approximate surface area is 96.2 Å². The molecule has 0 amide bonds. The van der Waals surface area contributed by atoms with Gasteiger partial charge in [0, 0.05) is 19.5 Å². The van der Waals surface area contributed by atoms with E-state index in [-0.39, 0.29) is 0 Å². The quantitative estimate of drug-likeness (QED) is 0.807. The van der Waals surface area contributed by atoms with Gasteiger partial charge in [-0.05, 0) is 26.6 Å². The van der Waals surface area contributed by atoms with E-state index < -0.39 is 0 Å². The summed E-state index contributed by atoms with van der Waals surface area (Å²) >= 11 is 0. The minimum atomic E-state index is 0.389. The fraction of sp³-hybridized carbons (Fsp3) is 0.818. The Balaban J connectivity index is 1.96. The number of rotatable bonds is 4. The minimum absolute atomic E-state index is 0.389. The van der Waals surface area contributed by atoms with E-state index in [4.69, 9.17) is 4.52 Å². The third kappa shape index (κ3) is 2.59. The molecule has 0 aliphatic carbocycles. The normalized spacial score (nSPS) is 25.5. The Kier molecular flexibility index (Phi) is 3.56. The first-order chi connectivity index (χ1) is 7.66. The van der Waals surface area contributed by atoms with Crippen molar-refractivity contribution in [2.45, 2.75) is 19.3 Å². The van der Waals surface area contributed by atoms with Crippen molar-refractivity contribution in [3.05, 3.63) is 11.7 Å². The zero-order chi connectivity index (χ0) is 11.5. The molecule has 2 atom stereocenters. The van der Waals surface area contributed by atoms with Gasteiger partial charge in [-0.1, -0.05) is 12.1 Å². The summed E-state index contributed by atoms with van der Waals surface area (Å²) < 4.78 is 5.33. The fourth-order valence-electron chi connectivity index (χ4n) is 1.98. The van der Waals surface area contributed by atoms with Crippen LogP contribution in [0.4, 0.5) is 0 Å². The molecular formula is C11H20N4O. The molecule has 1 aliphatic heterocycles. The van der Waals surface area contributed by atoms with Crippen molar-refractivity contribution in [2.24, 2.45) is 5.92 Å². The number of hydrogen-bond acceptors (Lipinski definition) is 5. The maximum atomic E-state index is 5.33. The zero-order valence-electron chi connectivity index (χ0n) is 10.2. The third-order valence-electron chi connectivity index (χ3n) is 3.10. The molecule has 1 N–H and O–H groups in total. The molecule has 1 aromatic rings. The number of aromatic nitrogens is 2. The van der Waals surface area contributed by atoms with Gasteiger partial charge in [-0.3, -0.25) is 0 Å². The van der Waals surface area contributed by atoms with E-state index in [2.05, 4.69) is 27.3 Å². The molecular weight excluding hydrogens is 204 g/mol. The Bertz CT molecular complexity index is 336. The van der Waals surface area contributed by atoms with Crippen molar-refractivity contribution in [1.29, 1.82) is 0 Å². The second-order valence-electron chi connectivity index (χ2n) is 4.84. The highest BCUT2D eigenvalue weighted by molar-refractivity contribution is 5.01. The minimum Gasteiger partial charge on any atom is -0.339 e. The summed E-state index contributed by atoms with van der Waals surface area (Å²) in [6.45, 7) is 5.17. The highest BCUT2D eigenvalue weighted by Gasteiger charge is 2.29. The predicted molar refractivity (Wildman–Crippen MR) is 61.3 cm³/mol. The van der Waals surface area contributed by atoms with Crippen LogP contribution in [0.25, 0.3) is 0 Å². The van der Waals surface area contributed by atoms with Crippen LogP contribution in [0, 0.1) is 5.92 Å². The predicted octanol–water partition coefficient (Wildman–Crippen LogP) is 0.497. The number of nitrogens with zero attached hydrogens (tertiary/aromatic N) is 3. The lowest BCUT2D eigenvalue weighted by Crippen LogP contribution is -2.15. The molecule has 5 nitrogen and oxygen atoms in total. The number of hydrogen-bond donors (Lipinski definition) is 1. The van der Waals surface area contributed by atoms with Gasteiger partial charge in [0.05, 0.1) is 5.92 Å². The number of likely N-dealkylation sites (N-methyl/N-ethyl adjacent to an activating group) is 1. The van der Waals surface area contributed by atoms with E-state index in [1.807, 2.05) is 14.1 Å². The lowest BCUT2D eigenvalue weighted by molar-refractivity contribution is 0.334. The van der Waals surface area contributed by atoms with Gasteiger partial charge >= 0.3 is 0 Å². The smallest absolute Gasteiger partial charge is 0.231 e. The highest BCUT2D eigenvalue weighted by atomic mass is 16.5. The molecule has 0 radical (unpaired) electrons. The van der Waals surface area contributed by atoms with E-state index in [0.717, 1.165) is 37.8 Å². The summed E-state index contributed by atoms with van der Waals surface area (Å²) in [6.07, 6.45) is 0.852. The summed E-state index contributed by atoms with van der Waals surface area (Å²) in [5.41, 5.74) is 0. The monoisotopic (exact) mass is 224 g/mol. The largest absolute Gasteiger partial charge is 0.339 e. The lowest BCUT2D eigenvalue weighted by Gasteiger charge is -2.07. The van der Waals surface area contributed by atoms with Gasteiger partial charge in [-0.2, -0.15) is 4.98 Å². The van der Waals surface area contributed by atoms with Crippen LogP contribution >= 0.6 is 0 Å². The van der Waals surface area contributed by atoms with Crippen molar-refractivity contribution in [1.82, 2.24) is 20.4 Å². The topological polar surface area (TPSA) is 54.2 Å². The molecule has 2 rings (SSSR count). The Morgan fingerprint density at radius 1 is 1.44 bits per heavy atom. The van der Waals surface area contributed by atoms with Gasteiger partial charge < -0.3 is 14.7 Å². The Morgan fingerprint density at radius 2 is 2.25 bits per heavy atom. The molecule has 16 heavy (non-hydrogen) atoms. The highest BCUT2D eigenvalue weighted by Crippen LogP contribution is 2.26. The molecule has 0 bridgehead atoms. The average molecular weight is 224 g/mol. The van der Waals surface area contributed by atoms with Crippen molar-refractivity contribution in [3.8, 4) is 0 Å². The van der Waals surface area contributed by atoms with Crippen molar-refractivity contribution in [2.75, 3.05) is 33.7 Å². The number of nitrogens with one attached hydrogen (secondary N) is 1. The molecule has 0 unspecified atom stereocenters. The lowest BCUT2D eigenvalue weighted by atomic mass is 9.98. The van der Waals surface area contributed by atoms with Crippen LogP contribution in [-0.2, 0) is 6.42 Å². The zero-order valence-corrected chi connectivity index (χ0v) is 10.2. The van der Waals surface area contributed by atoms with Crippen LogP contribution in [0.2, 0.25) is 0 Å². The Morgan fingerprint density at radius 3 is 2.88 bits per heavy atom. The van der Waals surface area contributed by atoms with Gasteiger partial charge in [0.2, 0.25) is 5.89 Å². The molecule has 1 aromatic heterocycles. The van der Waals surface area contributed by atoms with Crippen LogP contribution in [-0.4, -0.2) is 48.8 Å². The molecule has 1 saturated heterocycles. The molecule has 0 saturated carbocycles. The van der Waals surface area contributed by atoms with E-state index in [1.54, 1.807) is 0 Å². The molecule has 2 heterocycles. The van der Waals surface area contributed by atoms with E-state index in [9.17, 15) is 0 Å². The first-order valence-corrected chi connectivity index (χ1v) is 5.84. The SMILES string of the molecule is C[C@@H]1CNC[C@H]1c1nc(CCN(C)C)no1. The first kappa shape index (κ1) is 11.5. The summed E-state index contributed by atoms with van der Waals surface area (Å²) in [4.78, 5) is 6.59. The van der Waals surface area contributed by atoms with E-state index >= 15 is 0 Å². The summed E-state index contributed by atoms with van der Waals surface area (Å²) in [7, 11) is 4.09. The summed E-state index contributed by atoms with van der Waals surface area (Å²) in [5.74, 6) is 2.59. The van der Waals surface area contributed by atoms with Crippen molar-refractivity contribution < 1.29 is 4.52 Å². The molecule has 0 spiro atoms. The standard InChI is InChI=1S/C11H20N4O/c1-8-6-12-7-9(8)11-13-10(14-16-11)4-5-15(2)3/h8-9,12H,4-7H2,1-3H3/t8-,9-/m1/s1. The molecule has 1 aliphatic rings. The third-order valence-corrected chi connectivity index (χ3v) is 3.10. The van der Waals surface area contributed by atoms with Crippen LogP contribution in [0.5, 0.6) is 0 Å². The van der Waals surface area contributed by atoms with Crippen LogP contribution in [0.1, 0.15) is 24.6 Å². The van der Waals surface area contributed by atoms with Crippen LogP contribution in [0.3, 0.4) is 0 Å². The van der Waals surface area contributed by atoms with Gasteiger partial charge in [0.15, 0.2) is 5.82 Å². The van der Waals surface area contributed by atoms with Gasteiger partial charge in [0.25, 0.3) is 0 Å². The van der Waals surface area contributed by atoms with Gasteiger partial charge in [-0.15, -0.1) is 0 Å². The van der Waals surface area contributed by atoms with Crippen LogP contribution in [0.15, 0.2) is 4.52 Å². The van der Waals surface area contributed by atoms with Crippen LogP contribution < -0.4 is 5.32 Å². The fourth-order valence-corrected chi connectivity index (χ4v) is 1.98. The maximum Gasteiger partial charge on any atom is 0.231 e. The Hall–Kier alpha value is -0.940. The summed E-state index contributed by atoms with van der Waals surface area (Å²) in [5, 5.41) is 7.37. The van der Waals surface area contributed by atoms with Gasteiger partial charge in [-0.25, -0.2) is 0 Å². The maximum absolute atomic E-state index is 5.33. The first-order valence-electron chi connectivity index (χ1n) is 5.84. The summed E-state index contributed by atoms with van der Waals surface area (Å²) in [6, 6.07) is 0.